The first kappa shape index (κ1) is 22.4. The third-order valence-electron chi connectivity index (χ3n) is 5.41. The van der Waals surface area contributed by atoms with Gasteiger partial charge in [0.1, 0.15) is 17.2 Å². The van der Waals surface area contributed by atoms with Gasteiger partial charge in [0, 0.05) is 38.6 Å². The highest BCUT2D eigenvalue weighted by molar-refractivity contribution is 14.2. The van der Waals surface area contributed by atoms with Gasteiger partial charge in [0.05, 0.1) is 37.8 Å². The first-order chi connectivity index (χ1) is 14.6. The van der Waals surface area contributed by atoms with Crippen molar-refractivity contribution in [1.82, 2.24) is 8.10 Å². The van der Waals surface area contributed by atoms with Gasteiger partial charge in [-0.2, -0.15) is 0 Å². The molecule has 0 fully saturated rings. The highest BCUT2D eigenvalue weighted by Gasteiger charge is 2.42. The molecule has 0 aliphatic carbocycles. The fraction of sp³-hybridized carbons (Fsp3) is 0.318. The number of hydrogen-bond donors (Lipinski definition) is 2. The number of benzene rings is 2. The molecule has 2 unspecified atom stereocenters. The van der Waals surface area contributed by atoms with Crippen LogP contribution in [0.2, 0.25) is 0 Å². The van der Waals surface area contributed by atoms with Crippen LogP contribution in [0.3, 0.4) is 0 Å². The average molecular weight is 557 g/mol. The summed E-state index contributed by atoms with van der Waals surface area (Å²) in [6.45, 7) is 5.35. The number of halogens is 3. The lowest BCUT2D eigenvalue weighted by Gasteiger charge is -2.36. The Bertz CT molecular complexity index is 1180. The molecule has 164 valence electrons. The molecule has 1 aromatic heterocycles. The number of β-amino-alcohol motifs (C(OH)–C–C–N with tert-alkyl or cyclic N) is 1. The third kappa shape index (κ3) is 4.41. The summed E-state index contributed by atoms with van der Waals surface area (Å²) >= 11 is 0.848. The maximum atomic E-state index is 14.8. The summed E-state index contributed by atoms with van der Waals surface area (Å²) in [4.78, 5) is 8.78. The average Bonchev–Trinajstić information content (AvgIpc) is 3.35. The Hall–Kier alpha value is -1.82. The van der Waals surface area contributed by atoms with E-state index in [0.717, 1.165) is 27.9 Å². The second kappa shape index (κ2) is 8.27. The van der Waals surface area contributed by atoms with Crippen molar-refractivity contribution in [2.24, 2.45) is 4.99 Å². The number of nitrogens with zero attached hydrogens (tertiary/aromatic N) is 3. The number of rotatable bonds is 6. The molecule has 0 saturated carbocycles. The van der Waals surface area contributed by atoms with Crippen molar-refractivity contribution in [3.05, 3.63) is 64.2 Å². The molecule has 0 amide bonds. The zero-order valence-electron chi connectivity index (χ0n) is 17.2. The molecule has 4 rings (SSSR count). The molecule has 1 aliphatic heterocycles. The van der Waals surface area contributed by atoms with Gasteiger partial charge in [0.15, 0.2) is 0 Å². The minimum absolute atomic E-state index is 0.0298. The van der Waals surface area contributed by atoms with Crippen LogP contribution in [0.25, 0.3) is 10.2 Å². The summed E-state index contributed by atoms with van der Waals surface area (Å²) in [6.07, 6.45) is 1.64. The lowest BCUT2D eigenvalue weighted by Crippen LogP contribution is -2.41. The summed E-state index contributed by atoms with van der Waals surface area (Å²) in [5.41, 5.74) is -1.10. The summed E-state index contributed by atoms with van der Waals surface area (Å²) in [5, 5.41) is 22.8. The lowest BCUT2D eigenvalue weighted by molar-refractivity contribution is 0.00556. The van der Waals surface area contributed by atoms with E-state index < -0.39 is 49.8 Å². The molecule has 0 spiro atoms. The van der Waals surface area contributed by atoms with Crippen LogP contribution in [0, 0.1) is 11.6 Å². The molecule has 0 bridgehead atoms. The molecular formula is C22H22F2IN3O2S. The number of thiazole rings is 1. The monoisotopic (exact) mass is 557 g/mol. The molecule has 5 nitrogen and oxygen atoms in total. The topological polar surface area (TPSA) is 69.0 Å². The summed E-state index contributed by atoms with van der Waals surface area (Å²) in [5.74, 6) is -2.06. The Morgan fingerprint density at radius 3 is 2.58 bits per heavy atom. The largest absolute Gasteiger partial charge is 0.386 e. The quantitative estimate of drug-likeness (QED) is 0.338. The number of aliphatic imine (C=N–C) groups is 1. The minimum Gasteiger partial charge on any atom is -0.386 e. The number of fused-ring (bicyclic) bond motifs is 1. The molecule has 1 aliphatic rings. The highest BCUT2D eigenvalue weighted by Crippen LogP contribution is 2.42. The van der Waals surface area contributed by atoms with Gasteiger partial charge >= 0.3 is 0 Å². The molecule has 2 aromatic carbocycles. The van der Waals surface area contributed by atoms with E-state index in [2.05, 4.69) is 9.98 Å². The van der Waals surface area contributed by atoms with E-state index in [1.165, 1.54) is 17.4 Å². The summed E-state index contributed by atoms with van der Waals surface area (Å²) in [7, 11) is 0. The van der Waals surface area contributed by atoms with Gasteiger partial charge in [-0.05, 0) is 37.6 Å². The van der Waals surface area contributed by atoms with Crippen LogP contribution >= 0.6 is 32.3 Å². The van der Waals surface area contributed by atoms with Crippen LogP contribution in [-0.4, -0.2) is 35.3 Å². The molecule has 2 N–H and O–H groups in total. The first-order valence-corrected chi connectivity index (χ1v) is 12.7. The summed E-state index contributed by atoms with van der Waals surface area (Å²) < 4.78 is 32.9. The Kier molecular flexibility index (Phi) is 5.97. The van der Waals surface area contributed by atoms with Crippen LogP contribution in [0.5, 0.6) is 0 Å². The second-order valence-corrected chi connectivity index (χ2v) is 11.5. The van der Waals surface area contributed by atoms with Crippen molar-refractivity contribution in [2.75, 3.05) is 6.54 Å². The van der Waals surface area contributed by atoms with Gasteiger partial charge in [-0.15, -0.1) is 11.3 Å². The van der Waals surface area contributed by atoms with E-state index in [4.69, 9.17) is 0 Å². The fourth-order valence-corrected chi connectivity index (χ4v) is 6.28. The van der Waals surface area contributed by atoms with E-state index in [-0.39, 0.29) is 12.1 Å². The van der Waals surface area contributed by atoms with Crippen molar-refractivity contribution in [2.45, 2.75) is 37.9 Å². The van der Waals surface area contributed by atoms with Crippen LogP contribution in [0.15, 0.2) is 41.4 Å². The maximum Gasteiger partial charge on any atom is 0.132 e. The minimum atomic E-state index is -1.64. The normalized spacial score (nSPS) is 17.1. The van der Waals surface area contributed by atoms with Gasteiger partial charge < -0.3 is 13.3 Å². The van der Waals surface area contributed by atoms with Crippen molar-refractivity contribution in [3.63, 3.8) is 0 Å². The standard InChI is InChI=1S/C22H22F2IN3O2S/c1-13(20-27-18-7-4-14(21(2,3)29)8-19(18)31-20)22(30,10-28-12-26-11-25-28)16-6-5-15(23)9-17(16)24/h4-9,11-13,29-30H,10H2,1-3H3. The maximum absolute atomic E-state index is 14.8. The van der Waals surface area contributed by atoms with Gasteiger partial charge in [0.2, 0.25) is 0 Å². The molecule has 2 atom stereocenters. The van der Waals surface area contributed by atoms with Crippen LogP contribution < -0.4 is 0 Å². The molecule has 0 saturated heterocycles. The molecule has 0 radical (unpaired) electrons. The smallest absolute Gasteiger partial charge is 0.132 e. The van der Waals surface area contributed by atoms with Crippen LogP contribution in [-0.2, 0) is 11.2 Å². The Labute approximate surface area is 193 Å². The van der Waals surface area contributed by atoms with Crippen molar-refractivity contribution < 1.29 is 19.0 Å². The van der Waals surface area contributed by atoms with Gasteiger partial charge in [-0.1, -0.05) is 19.1 Å². The van der Waals surface area contributed by atoms with E-state index >= 15 is 0 Å². The molecular weight excluding hydrogens is 535 g/mol. The van der Waals surface area contributed by atoms with Crippen molar-refractivity contribution in [3.8, 4) is 0 Å². The predicted molar refractivity (Wildman–Crippen MR) is 129 cm³/mol. The van der Waals surface area contributed by atoms with Crippen LogP contribution in [0.4, 0.5) is 8.78 Å². The predicted octanol–water partition coefficient (Wildman–Crippen LogP) is 4.78. The first-order valence-electron chi connectivity index (χ1n) is 9.64. The van der Waals surface area contributed by atoms with E-state index in [0.29, 0.717) is 5.01 Å². The van der Waals surface area contributed by atoms with Gasteiger partial charge in [0.25, 0.3) is 0 Å². The van der Waals surface area contributed by atoms with E-state index in [1.807, 2.05) is 21.3 Å². The van der Waals surface area contributed by atoms with Crippen molar-refractivity contribution in [1.29, 1.82) is 0 Å². The third-order valence-corrected chi connectivity index (χ3v) is 8.48. The Morgan fingerprint density at radius 2 is 1.94 bits per heavy atom. The number of hydrogen-bond acceptors (Lipinski definition) is 6. The fourth-order valence-electron chi connectivity index (χ4n) is 3.52. The summed E-state index contributed by atoms with van der Waals surface area (Å²) in [6, 6.07) is 8.79. The molecule has 3 aromatic rings. The van der Waals surface area contributed by atoms with Gasteiger partial charge in [-0.25, -0.2) is 18.8 Å². The Balaban J connectivity index is 1.79. The highest BCUT2D eigenvalue weighted by atomic mass is 127. The lowest BCUT2D eigenvalue weighted by atomic mass is 9.82. The zero-order valence-corrected chi connectivity index (χ0v) is 20.2. The molecule has 31 heavy (non-hydrogen) atoms. The van der Waals surface area contributed by atoms with Crippen molar-refractivity contribution >= 4 is 53.0 Å². The number of aliphatic hydroxyl groups is 2. The zero-order chi connectivity index (χ0) is 22.4. The molecule has 2 heterocycles. The van der Waals surface area contributed by atoms with E-state index in [9.17, 15) is 19.0 Å². The van der Waals surface area contributed by atoms with Gasteiger partial charge in [-0.3, -0.25) is 0 Å². The van der Waals surface area contributed by atoms with E-state index in [1.54, 1.807) is 31.2 Å². The SMILES string of the molecule is CC(c1nc2ccc(C(C)(C)O)cc2s1)C(O)(CN1C=NC=I1)c1ccc(F)cc1F. The number of aromatic nitrogens is 1. The molecule has 9 heteroatoms. The van der Waals surface area contributed by atoms with Crippen LogP contribution in [0.1, 0.15) is 42.8 Å². The Morgan fingerprint density at radius 1 is 1.16 bits per heavy atom. The second-order valence-electron chi connectivity index (χ2n) is 8.08.